The molecule has 0 unspecified atom stereocenters. The van der Waals surface area contributed by atoms with Gasteiger partial charge in [0.15, 0.2) is 0 Å². The molecule has 1 nitrogen and oxygen atoms in total. The van der Waals surface area contributed by atoms with Gasteiger partial charge in [0.05, 0.1) is 5.56 Å². The molecule has 2 N–H and O–H groups in total. The van der Waals surface area contributed by atoms with Crippen LogP contribution in [0.5, 0.6) is 0 Å². The maximum atomic E-state index is 12.3. The second kappa shape index (κ2) is 4.35. The van der Waals surface area contributed by atoms with Crippen LogP contribution in [-0.4, -0.2) is 5.25 Å². The number of halogens is 3. The molecule has 0 aliphatic rings. The number of anilines is 1. The van der Waals surface area contributed by atoms with Gasteiger partial charge in [0.25, 0.3) is 0 Å². The fourth-order valence-electron chi connectivity index (χ4n) is 1.09. The molecule has 0 bridgehead atoms. The van der Waals surface area contributed by atoms with Gasteiger partial charge in [-0.05, 0) is 18.2 Å². The molecule has 5 heteroatoms. The highest BCUT2D eigenvalue weighted by molar-refractivity contribution is 8.00. The van der Waals surface area contributed by atoms with Crippen LogP contribution in [0.25, 0.3) is 0 Å². The van der Waals surface area contributed by atoms with Crippen LogP contribution in [0.3, 0.4) is 0 Å². The van der Waals surface area contributed by atoms with Crippen molar-refractivity contribution in [3.63, 3.8) is 0 Å². The Morgan fingerprint density at radius 2 is 1.87 bits per heavy atom. The van der Waals surface area contributed by atoms with Crippen molar-refractivity contribution in [2.45, 2.75) is 30.2 Å². The van der Waals surface area contributed by atoms with Crippen LogP contribution in [0, 0.1) is 0 Å². The molecule has 0 fully saturated rings. The summed E-state index contributed by atoms with van der Waals surface area (Å²) in [7, 11) is 0. The van der Waals surface area contributed by atoms with Crippen molar-refractivity contribution in [3.8, 4) is 0 Å². The predicted molar refractivity (Wildman–Crippen MR) is 56.8 cm³/mol. The largest absolute Gasteiger partial charge is 0.416 e. The molecule has 0 saturated carbocycles. The Morgan fingerprint density at radius 1 is 1.27 bits per heavy atom. The second-order valence-corrected chi connectivity index (χ2v) is 5.04. The number of alkyl halides is 3. The molecule has 0 heterocycles. The van der Waals surface area contributed by atoms with Gasteiger partial charge in [-0.15, -0.1) is 11.8 Å². The predicted octanol–water partition coefficient (Wildman–Crippen LogP) is 3.79. The smallest absolute Gasteiger partial charge is 0.398 e. The number of hydrogen-bond donors (Lipinski definition) is 1. The highest BCUT2D eigenvalue weighted by Crippen LogP contribution is 2.35. The Kier molecular flexibility index (Phi) is 3.54. The maximum Gasteiger partial charge on any atom is 0.416 e. The number of benzene rings is 1. The van der Waals surface area contributed by atoms with Gasteiger partial charge in [-0.3, -0.25) is 0 Å². The molecule has 0 spiro atoms. The molecule has 0 aromatic heterocycles. The number of rotatable bonds is 2. The van der Waals surface area contributed by atoms with Gasteiger partial charge < -0.3 is 5.73 Å². The Hall–Kier alpha value is -0.840. The molecule has 0 amide bonds. The summed E-state index contributed by atoms with van der Waals surface area (Å²) in [6.45, 7) is 3.92. The van der Waals surface area contributed by atoms with Crippen molar-refractivity contribution >= 4 is 17.4 Å². The lowest BCUT2D eigenvalue weighted by Crippen LogP contribution is -2.06. The van der Waals surface area contributed by atoms with Gasteiger partial charge in [-0.25, -0.2) is 0 Å². The summed E-state index contributed by atoms with van der Waals surface area (Å²) < 4.78 is 36.9. The molecule has 1 rings (SSSR count). The molecular formula is C10H12F3NS. The number of nitrogen functional groups attached to an aromatic ring is 1. The molecule has 1 aromatic carbocycles. The van der Waals surface area contributed by atoms with Gasteiger partial charge in [0, 0.05) is 15.8 Å². The Morgan fingerprint density at radius 3 is 2.27 bits per heavy atom. The van der Waals surface area contributed by atoms with E-state index in [0.29, 0.717) is 10.1 Å². The minimum Gasteiger partial charge on any atom is -0.398 e. The average Bonchev–Trinajstić information content (AvgIpc) is 2.05. The third-order valence-electron chi connectivity index (χ3n) is 1.70. The van der Waals surface area contributed by atoms with E-state index in [9.17, 15) is 13.2 Å². The van der Waals surface area contributed by atoms with E-state index in [0.717, 1.165) is 12.1 Å². The first kappa shape index (κ1) is 12.2. The van der Waals surface area contributed by atoms with E-state index in [2.05, 4.69) is 0 Å². The van der Waals surface area contributed by atoms with E-state index >= 15 is 0 Å². The second-order valence-electron chi connectivity index (χ2n) is 3.42. The molecule has 0 saturated heterocycles. The molecule has 0 atom stereocenters. The summed E-state index contributed by atoms with van der Waals surface area (Å²) >= 11 is 1.45. The van der Waals surface area contributed by atoms with Gasteiger partial charge in [-0.2, -0.15) is 13.2 Å². The SMILES string of the molecule is CC(C)Sc1ccc(C(F)(F)F)cc1N. The monoisotopic (exact) mass is 235 g/mol. The van der Waals surface area contributed by atoms with Gasteiger partial charge in [0.1, 0.15) is 0 Å². The highest BCUT2D eigenvalue weighted by atomic mass is 32.2. The zero-order chi connectivity index (χ0) is 11.6. The summed E-state index contributed by atoms with van der Waals surface area (Å²) in [6.07, 6.45) is -4.32. The van der Waals surface area contributed by atoms with Crippen molar-refractivity contribution < 1.29 is 13.2 Å². The van der Waals surface area contributed by atoms with Crippen LogP contribution in [0.15, 0.2) is 23.1 Å². The van der Waals surface area contributed by atoms with Crippen LogP contribution < -0.4 is 5.73 Å². The van der Waals surface area contributed by atoms with Crippen LogP contribution in [0.2, 0.25) is 0 Å². The first-order valence-electron chi connectivity index (χ1n) is 4.44. The van der Waals surface area contributed by atoms with Gasteiger partial charge >= 0.3 is 6.18 Å². The average molecular weight is 235 g/mol. The molecular weight excluding hydrogens is 223 g/mol. The minimum atomic E-state index is -4.32. The fourth-order valence-corrected chi connectivity index (χ4v) is 1.94. The van der Waals surface area contributed by atoms with E-state index in [1.165, 1.54) is 17.8 Å². The van der Waals surface area contributed by atoms with Crippen LogP contribution in [-0.2, 0) is 6.18 Å². The topological polar surface area (TPSA) is 26.0 Å². The molecule has 0 aliphatic carbocycles. The van der Waals surface area contributed by atoms with Crippen LogP contribution >= 0.6 is 11.8 Å². The minimum absolute atomic E-state index is 0.184. The Bertz CT molecular complexity index is 347. The van der Waals surface area contributed by atoms with Crippen molar-refractivity contribution in [2.24, 2.45) is 0 Å². The summed E-state index contributed by atoms with van der Waals surface area (Å²) in [5, 5.41) is 0.295. The first-order chi connectivity index (χ1) is 6.80. The number of hydrogen-bond acceptors (Lipinski definition) is 2. The summed E-state index contributed by atoms with van der Waals surface area (Å²) in [5.74, 6) is 0. The lowest BCUT2D eigenvalue weighted by atomic mass is 10.2. The van der Waals surface area contributed by atoms with Crippen LogP contribution in [0.4, 0.5) is 18.9 Å². The maximum absolute atomic E-state index is 12.3. The van der Waals surface area contributed by atoms with E-state index < -0.39 is 11.7 Å². The molecule has 0 aliphatic heterocycles. The summed E-state index contributed by atoms with van der Waals surface area (Å²) in [5.41, 5.74) is 5.03. The normalized spacial score (nSPS) is 12.1. The lowest BCUT2D eigenvalue weighted by molar-refractivity contribution is -0.137. The molecule has 84 valence electrons. The number of nitrogens with two attached hydrogens (primary N) is 1. The van der Waals surface area contributed by atoms with Gasteiger partial charge in [0.2, 0.25) is 0 Å². The standard InChI is InChI=1S/C10H12F3NS/c1-6(2)15-9-4-3-7(5-8(9)14)10(11,12)13/h3-6H,14H2,1-2H3. The molecule has 0 radical (unpaired) electrons. The molecule has 1 aromatic rings. The van der Waals surface area contributed by atoms with E-state index in [4.69, 9.17) is 5.73 Å². The van der Waals surface area contributed by atoms with Crippen molar-refractivity contribution in [1.82, 2.24) is 0 Å². The van der Waals surface area contributed by atoms with Crippen LogP contribution in [0.1, 0.15) is 19.4 Å². The Labute approximate surface area is 90.9 Å². The van der Waals surface area contributed by atoms with Crippen molar-refractivity contribution in [1.29, 1.82) is 0 Å². The van der Waals surface area contributed by atoms with Gasteiger partial charge in [-0.1, -0.05) is 13.8 Å². The Balaban J connectivity index is 2.98. The third kappa shape index (κ3) is 3.34. The lowest BCUT2D eigenvalue weighted by Gasteiger charge is -2.11. The van der Waals surface area contributed by atoms with E-state index in [-0.39, 0.29) is 5.69 Å². The first-order valence-corrected chi connectivity index (χ1v) is 5.32. The van der Waals surface area contributed by atoms with Crippen molar-refractivity contribution in [2.75, 3.05) is 5.73 Å². The third-order valence-corrected chi connectivity index (χ3v) is 2.80. The van der Waals surface area contributed by atoms with E-state index in [1.54, 1.807) is 0 Å². The van der Waals surface area contributed by atoms with E-state index in [1.807, 2.05) is 13.8 Å². The molecule has 15 heavy (non-hydrogen) atoms. The number of thioether (sulfide) groups is 1. The zero-order valence-electron chi connectivity index (χ0n) is 8.43. The van der Waals surface area contributed by atoms with Crippen molar-refractivity contribution in [3.05, 3.63) is 23.8 Å². The summed E-state index contributed by atoms with van der Waals surface area (Å²) in [4.78, 5) is 0.693. The zero-order valence-corrected chi connectivity index (χ0v) is 9.25. The fraction of sp³-hybridized carbons (Fsp3) is 0.400. The highest BCUT2D eigenvalue weighted by Gasteiger charge is 2.30. The quantitative estimate of drug-likeness (QED) is 0.623. The summed E-state index contributed by atoms with van der Waals surface area (Å²) in [6, 6.07) is 3.45.